The molecule has 3 rings (SSSR count). The highest BCUT2D eigenvalue weighted by Crippen LogP contribution is 2.25. The first kappa shape index (κ1) is 20.4. The van der Waals surface area contributed by atoms with E-state index in [1.165, 1.54) is 25.6 Å². The van der Waals surface area contributed by atoms with Crippen LogP contribution in [0.2, 0.25) is 5.02 Å². The molecule has 1 saturated heterocycles. The summed E-state index contributed by atoms with van der Waals surface area (Å²) in [7, 11) is 1.34. The minimum atomic E-state index is -0.426. The quantitative estimate of drug-likeness (QED) is 0.539. The van der Waals surface area contributed by atoms with Crippen LogP contribution >= 0.6 is 23.8 Å². The Balaban J connectivity index is 1.62. The number of methoxy groups -OCH3 is 1. The van der Waals surface area contributed by atoms with E-state index in [9.17, 15) is 4.79 Å². The molecule has 0 unspecified atom stereocenters. The van der Waals surface area contributed by atoms with Crippen LogP contribution in [0.1, 0.15) is 41.7 Å². The van der Waals surface area contributed by atoms with Crippen LogP contribution in [0.4, 0.5) is 11.4 Å². The van der Waals surface area contributed by atoms with E-state index in [0.717, 1.165) is 18.7 Å². The molecule has 0 aliphatic carbocycles. The monoisotopic (exact) mass is 417 g/mol. The fraction of sp³-hybridized carbons (Fsp3) is 0.333. The van der Waals surface area contributed by atoms with Crippen molar-refractivity contribution < 1.29 is 9.53 Å². The van der Waals surface area contributed by atoms with E-state index in [0.29, 0.717) is 21.4 Å². The van der Waals surface area contributed by atoms with Gasteiger partial charge in [-0.15, -0.1) is 0 Å². The maximum absolute atomic E-state index is 11.7. The number of nitrogens with zero attached hydrogens (tertiary/aromatic N) is 1. The molecule has 28 heavy (non-hydrogen) atoms. The molecule has 2 aromatic carbocycles. The molecule has 2 N–H and O–H groups in total. The number of carbonyl (C=O) groups excluding carboxylic acids is 1. The number of nitrogens with one attached hydrogen (secondary N) is 2. The zero-order chi connectivity index (χ0) is 20.1. The van der Waals surface area contributed by atoms with Crippen molar-refractivity contribution in [2.45, 2.75) is 25.8 Å². The van der Waals surface area contributed by atoms with Crippen LogP contribution in [0.25, 0.3) is 0 Å². The van der Waals surface area contributed by atoms with Gasteiger partial charge in [0.15, 0.2) is 5.11 Å². The van der Waals surface area contributed by atoms with Crippen molar-refractivity contribution in [2.75, 3.05) is 30.4 Å². The molecule has 5 nitrogen and oxygen atoms in total. The van der Waals surface area contributed by atoms with Gasteiger partial charge < -0.3 is 20.3 Å². The predicted octanol–water partition coefficient (Wildman–Crippen LogP) is 4.77. The summed E-state index contributed by atoms with van der Waals surface area (Å²) in [5, 5.41) is 7.22. The zero-order valence-corrected chi connectivity index (χ0v) is 17.6. The van der Waals surface area contributed by atoms with Crippen LogP contribution in [0, 0.1) is 0 Å². The van der Waals surface area contributed by atoms with E-state index >= 15 is 0 Å². The van der Waals surface area contributed by atoms with Crippen molar-refractivity contribution in [3.05, 3.63) is 58.6 Å². The van der Waals surface area contributed by atoms with Crippen LogP contribution in [0.3, 0.4) is 0 Å². The van der Waals surface area contributed by atoms with Gasteiger partial charge >= 0.3 is 5.97 Å². The molecule has 1 atom stereocenters. The number of anilines is 2. The highest BCUT2D eigenvalue weighted by molar-refractivity contribution is 7.80. The molecule has 0 amide bonds. The number of thiocarbonyl (C=S) groups is 1. The van der Waals surface area contributed by atoms with E-state index in [1.54, 1.807) is 18.2 Å². The summed E-state index contributed by atoms with van der Waals surface area (Å²) < 4.78 is 4.74. The minimum absolute atomic E-state index is 0.0233. The molecule has 0 spiro atoms. The Labute approximate surface area is 176 Å². The van der Waals surface area contributed by atoms with Crippen LogP contribution in [0.5, 0.6) is 0 Å². The van der Waals surface area contributed by atoms with E-state index in [2.05, 4.69) is 39.8 Å². The Morgan fingerprint density at radius 2 is 1.86 bits per heavy atom. The van der Waals surface area contributed by atoms with Gasteiger partial charge in [0.2, 0.25) is 0 Å². The lowest BCUT2D eigenvalue weighted by atomic mass is 10.1. The van der Waals surface area contributed by atoms with Crippen LogP contribution in [-0.4, -0.2) is 31.3 Å². The summed E-state index contributed by atoms with van der Waals surface area (Å²) in [5.41, 5.74) is 3.36. The second-order valence-electron chi connectivity index (χ2n) is 6.79. The maximum Gasteiger partial charge on any atom is 0.337 e. The highest BCUT2D eigenvalue weighted by Gasteiger charge is 2.14. The summed E-state index contributed by atoms with van der Waals surface area (Å²) in [6, 6.07) is 13.5. The Hall–Kier alpha value is -2.31. The fourth-order valence-electron chi connectivity index (χ4n) is 3.25. The molecule has 1 heterocycles. The van der Waals surface area contributed by atoms with Gasteiger partial charge in [0.25, 0.3) is 0 Å². The topological polar surface area (TPSA) is 53.6 Å². The summed E-state index contributed by atoms with van der Waals surface area (Å²) in [6.07, 6.45) is 2.53. The zero-order valence-electron chi connectivity index (χ0n) is 16.0. The average Bonchev–Trinajstić information content (AvgIpc) is 3.24. The van der Waals surface area contributed by atoms with Gasteiger partial charge in [-0.1, -0.05) is 23.7 Å². The van der Waals surface area contributed by atoms with E-state index < -0.39 is 5.97 Å². The molecular weight excluding hydrogens is 394 g/mol. The van der Waals surface area contributed by atoms with Gasteiger partial charge in [-0.3, -0.25) is 0 Å². The summed E-state index contributed by atoms with van der Waals surface area (Å²) >= 11 is 11.6. The number of carbonyl (C=O) groups is 1. The van der Waals surface area contributed by atoms with Gasteiger partial charge in [0.05, 0.1) is 29.4 Å². The second-order valence-corrected chi connectivity index (χ2v) is 7.61. The Morgan fingerprint density at radius 3 is 2.50 bits per heavy atom. The van der Waals surface area contributed by atoms with Crippen LogP contribution in [0.15, 0.2) is 42.5 Å². The molecule has 148 valence electrons. The van der Waals surface area contributed by atoms with Gasteiger partial charge in [-0.2, -0.15) is 0 Å². The number of benzene rings is 2. The minimum Gasteiger partial charge on any atom is -0.465 e. The van der Waals surface area contributed by atoms with Gasteiger partial charge in [0, 0.05) is 18.8 Å². The molecule has 0 bridgehead atoms. The van der Waals surface area contributed by atoms with Gasteiger partial charge in [-0.25, -0.2) is 4.79 Å². The standard InChI is InChI=1S/C21H24ClN3O2S/c1-14(15-5-8-17(9-6-15)25-11-3-4-12-25)23-21(28)24-19-13-16(20(26)27-2)7-10-18(19)22/h5-10,13-14H,3-4,11-12H2,1-2H3,(H2,23,24,28)/t14-/m0/s1. The number of esters is 1. The normalized spacial score (nSPS) is 14.5. The number of halogens is 1. The molecule has 0 aromatic heterocycles. The Bertz CT molecular complexity index is 851. The van der Waals surface area contributed by atoms with Gasteiger partial charge in [-0.05, 0) is 67.9 Å². The molecular formula is C21H24ClN3O2S. The smallest absolute Gasteiger partial charge is 0.337 e. The maximum atomic E-state index is 11.7. The Morgan fingerprint density at radius 1 is 1.18 bits per heavy atom. The lowest BCUT2D eigenvalue weighted by Gasteiger charge is -2.21. The fourth-order valence-corrected chi connectivity index (χ4v) is 3.70. The summed E-state index contributed by atoms with van der Waals surface area (Å²) in [4.78, 5) is 14.1. The number of ether oxygens (including phenoxy) is 1. The van der Waals surface area contributed by atoms with Gasteiger partial charge in [0.1, 0.15) is 0 Å². The third-order valence-electron chi connectivity index (χ3n) is 4.85. The molecule has 0 saturated carbocycles. The predicted molar refractivity (Wildman–Crippen MR) is 118 cm³/mol. The van der Waals surface area contributed by atoms with Crippen LogP contribution in [-0.2, 0) is 4.74 Å². The third-order valence-corrected chi connectivity index (χ3v) is 5.40. The Kier molecular flexibility index (Phi) is 6.75. The first-order valence-electron chi connectivity index (χ1n) is 9.28. The third kappa shape index (κ3) is 4.94. The number of rotatable bonds is 5. The first-order valence-corrected chi connectivity index (χ1v) is 10.1. The van der Waals surface area contributed by atoms with E-state index in [1.807, 2.05) is 6.92 Å². The molecule has 1 aliphatic heterocycles. The molecule has 1 aliphatic rings. The lowest BCUT2D eigenvalue weighted by Crippen LogP contribution is -2.31. The first-order chi connectivity index (χ1) is 13.5. The van der Waals surface area contributed by atoms with Crippen molar-refractivity contribution in [2.24, 2.45) is 0 Å². The lowest BCUT2D eigenvalue weighted by molar-refractivity contribution is 0.0601. The SMILES string of the molecule is COC(=O)c1ccc(Cl)c(NC(=S)N[C@@H](C)c2ccc(N3CCCC3)cc2)c1. The van der Waals surface area contributed by atoms with E-state index in [-0.39, 0.29) is 6.04 Å². The highest BCUT2D eigenvalue weighted by atomic mass is 35.5. The van der Waals surface area contributed by atoms with Crippen molar-refractivity contribution in [1.29, 1.82) is 0 Å². The average molecular weight is 418 g/mol. The number of hydrogen-bond donors (Lipinski definition) is 2. The van der Waals surface area contributed by atoms with Crippen molar-refractivity contribution in [3.63, 3.8) is 0 Å². The largest absolute Gasteiger partial charge is 0.465 e. The molecule has 0 radical (unpaired) electrons. The number of hydrogen-bond acceptors (Lipinski definition) is 4. The van der Waals surface area contributed by atoms with Crippen molar-refractivity contribution in [1.82, 2.24) is 5.32 Å². The van der Waals surface area contributed by atoms with Crippen molar-refractivity contribution >= 4 is 46.3 Å². The van der Waals surface area contributed by atoms with Crippen LogP contribution < -0.4 is 15.5 Å². The second kappa shape index (κ2) is 9.26. The molecule has 2 aromatic rings. The molecule has 7 heteroatoms. The summed E-state index contributed by atoms with van der Waals surface area (Å²) in [5.74, 6) is -0.426. The van der Waals surface area contributed by atoms with E-state index in [4.69, 9.17) is 28.6 Å². The summed E-state index contributed by atoms with van der Waals surface area (Å²) in [6.45, 7) is 4.31. The molecule has 1 fully saturated rings. The van der Waals surface area contributed by atoms with Crippen molar-refractivity contribution in [3.8, 4) is 0 Å².